The summed E-state index contributed by atoms with van der Waals surface area (Å²) in [6, 6.07) is 7.59. The summed E-state index contributed by atoms with van der Waals surface area (Å²) in [5.74, 6) is -1.44. The molecule has 2 aromatic rings. The van der Waals surface area contributed by atoms with Crippen LogP contribution in [0.5, 0.6) is 0 Å². The van der Waals surface area contributed by atoms with Crippen molar-refractivity contribution in [3.05, 3.63) is 51.9 Å². The van der Waals surface area contributed by atoms with Crippen molar-refractivity contribution in [1.82, 2.24) is 4.98 Å². The lowest BCUT2D eigenvalue weighted by Gasteiger charge is -2.06. The zero-order valence-corrected chi connectivity index (χ0v) is 11.0. The number of halogens is 2. The number of carboxylic acids is 1. The second-order valence-electron chi connectivity index (χ2n) is 3.76. The number of nitrogens with zero attached hydrogens (tertiary/aromatic N) is 1. The average Bonchev–Trinajstić information content (AvgIpc) is 2.28. The fourth-order valence-corrected chi connectivity index (χ4v) is 1.97. The Morgan fingerprint density at radius 2 is 2.06 bits per heavy atom. The second-order valence-corrected chi connectivity index (χ2v) is 4.67. The molecule has 0 aliphatic rings. The number of rotatable bonds is 2. The fourth-order valence-electron chi connectivity index (χ4n) is 1.63. The van der Waals surface area contributed by atoms with E-state index in [4.69, 9.17) is 5.11 Å². The highest BCUT2D eigenvalue weighted by Gasteiger charge is 2.12. The molecule has 1 aromatic carbocycles. The first-order valence-electron chi connectivity index (χ1n) is 5.15. The van der Waals surface area contributed by atoms with Crippen molar-refractivity contribution in [2.24, 2.45) is 0 Å². The minimum atomic E-state index is -1.04. The van der Waals surface area contributed by atoms with Crippen LogP contribution in [-0.4, -0.2) is 16.1 Å². The molecule has 0 aliphatic carbocycles. The van der Waals surface area contributed by atoms with Gasteiger partial charge in [-0.3, -0.25) is 4.98 Å². The Bertz CT molecular complexity index is 628. The number of aryl methyl sites for hydroxylation is 1. The summed E-state index contributed by atoms with van der Waals surface area (Å²) in [6.45, 7) is 1.59. The van der Waals surface area contributed by atoms with Crippen molar-refractivity contribution < 1.29 is 14.3 Å². The Morgan fingerprint density at radius 1 is 1.33 bits per heavy atom. The second kappa shape index (κ2) is 4.86. The van der Waals surface area contributed by atoms with Crippen molar-refractivity contribution in [1.29, 1.82) is 0 Å². The molecule has 3 nitrogen and oxygen atoms in total. The summed E-state index contributed by atoms with van der Waals surface area (Å²) < 4.78 is 14.4. The molecule has 0 saturated carbocycles. The zero-order valence-electron chi connectivity index (χ0n) is 9.45. The van der Waals surface area contributed by atoms with E-state index in [9.17, 15) is 9.18 Å². The Kier molecular flexibility index (Phi) is 3.43. The van der Waals surface area contributed by atoms with Crippen LogP contribution in [0.15, 0.2) is 34.8 Å². The van der Waals surface area contributed by atoms with Gasteiger partial charge in [0.1, 0.15) is 5.82 Å². The average molecular weight is 310 g/mol. The molecular weight excluding hydrogens is 301 g/mol. The van der Waals surface area contributed by atoms with E-state index in [0.717, 1.165) is 0 Å². The summed E-state index contributed by atoms with van der Waals surface area (Å²) in [5, 5.41) is 8.90. The lowest BCUT2D eigenvalue weighted by molar-refractivity contribution is 0.0695. The molecular formula is C13H9BrFNO2. The minimum Gasteiger partial charge on any atom is -0.478 e. The van der Waals surface area contributed by atoms with Crippen LogP contribution in [0.1, 0.15) is 16.1 Å². The molecule has 0 spiro atoms. The van der Waals surface area contributed by atoms with Gasteiger partial charge < -0.3 is 5.11 Å². The zero-order chi connectivity index (χ0) is 13.3. The van der Waals surface area contributed by atoms with E-state index in [-0.39, 0.29) is 5.56 Å². The fraction of sp³-hybridized carbons (Fsp3) is 0.0769. The Morgan fingerprint density at radius 3 is 2.61 bits per heavy atom. The van der Waals surface area contributed by atoms with Gasteiger partial charge >= 0.3 is 5.97 Å². The summed E-state index contributed by atoms with van der Waals surface area (Å²) in [4.78, 5) is 15.0. The Balaban J connectivity index is 2.52. The summed E-state index contributed by atoms with van der Waals surface area (Å²) >= 11 is 3.18. The number of carboxylic acid groups (broad SMARTS) is 1. The van der Waals surface area contributed by atoms with E-state index in [2.05, 4.69) is 20.9 Å². The van der Waals surface area contributed by atoms with Crippen LogP contribution in [0, 0.1) is 12.7 Å². The molecule has 18 heavy (non-hydrogen) atoms. The Hall–Kier alpha value is -1.75. The standard InChI is InChI=1S/C13H9BrFNO2/c1-7-9(13(17)18)4-5-12(16-7)10-3-2-8(14)6-11(10)15/h2-6H,1H3,(H,17,18). The smallest absolute Gasteiger partial charge is 0.337 e. The molecule has 5 heteroatoms. The first-order valence-corrected chi connectivity index (χ1v) is 5.94. The SMILES string of the molecule is Cc1nc(-c2ccc(Br)cc2F)ccc1C(=O)O. The van der Waals surface area contributed by atoms with Gasteiger partial charge in [0.2, 0.25) is 0 Å². The van der Waals surface area contributed by atoms with Gasteiger partial charge in [0.25, 0.3) is 0 Å². The van der Waals surface area contributed by atoms with Gasteiger partial charge in [0, 0.05) is 10.0 Å². The lowest BCUT2D eigenvalue weighted by Crippen LogP contribution is -2.02. The van der Waals surface area contributed by atoms with Gasteiger partial charge in [-0.1, -0.05) is 15.9 Å². The molecule has 0 fully saturated rings. The van der Waals surface area contributed by atoms with Gasteiger partial charge in [0.05, 0.1) is 17.0 Å². The van der Waals surface area contributed by atoms with Crippen LogP contribution in [0.2, 0.25) is 0 Å². The first-order chi connectivity index (χ1) is 8.49. The highest BCUT2D eigenvalue weighted by Crippen LogP contribution is 2.24. The van der Waals surface area contributed by atoms with E-state index < -0.39 is 11.8 Å². The molecule has 0 aliphatic heterocycles. The van der Waals surface area contributed by atoms with E-state index in [1.807, 2.05) is 0 Å². The third-order valence-corrected chi connectivity index (χ3v) is 3.02. The number of aromatic nitrogens is 1. The van der Waals surface area contributed by atoms with Crippen molar-refractivity contribution in [3.8, 4) is 11.3 Å². The van der Waals surface area contributed by atoms with Gasteiger partial charge in [-0.2, -0.15) is 0 Å². The number of benzene rings is 1. The van der Waals surface area contributed by atoms with Gasteiger partial charge in [-0.05, 0) is 37.3 Å². The van der Waals surface area contributed by atoms with Crippen molar-refractivity contribution in [3.63, 3.8) is 0 Å². The molecule has 0 amide bonds. The number of hydrogen-bond acceptors (Lipinski definition) is 2. The molecule has 1 aromatic heterocycles. The first kappa shape index (κ1) is 12.7. The van der Waals surface area contributed by atoms with Crippen LogP contribution < -0.4 is 0 Å². The maximum absolute atomic E-state index is 13.7. The molecule has 0 saturated heterocycles. The largest absolute Gasteiger partial charge is 0.478 e. The summed E-state index contributed by atoms with van der Waals surface area (Å²) in [6.07, 6.45) is 0. The highest BCUT2D eigenvalue weighted by atomic mass is 79.9. The van der Waals surface area contributed by atoms with Crippen LogP contribution >= 0.6 is 15.9 Å². The third kappa shape index (κ3) is 2.41. The van der Waals surface area contributed by atoms with E-state index in [1.165, 1.54) is 18.2 Å². The molecule has 1 N–H and O–H groups in total. The highest BCUT2D eigenvalue weighted by molar-refractivity contribution is 9.10. The van der Waals surface area contributed by atoms with Crippen LogP contribution in [0.4, 0.5) is 4.39 Å². The number of pyridine rings is 1. The quantitative estimate of drug-likeness (QED) is 0.921. The van der Waals surface area contributed by atoms with Crippen LogP contribution in [0.25, 0.3) is 11.3 Å². The van der Waals surface area contributed by atoms with Gasteiger partial charge in [-0.25, -0.2) is 9.18 Å². The molecule has 1 heterocycles. The molecule has 0 atom stereocenters. The molecule has 0 unspecified atom stereocenters. The van der Waals surface area contributed by atoms with Gasteiger partial charge in [0.15, 0.2) is 0 Å². The predicted octanol–water partition coefficient (Wildman–Crippen LogP) is 3.66. The minimum absolute atomic E-state index is 0.122. The van der Waals surface area contributed by atoms with Crippen molar-refractivity contribution in [2.45, 2.75) is 6.92 Å². The van der Waals surface area contributed by atoms with Crippen LogP contribution in [-0.2, 0) is 0 Å². The van der Waals surface area contributed by atoms with Crippen molar-refractivity contribution in [2.75, 3.05) is 0 Å². The number of aromatic carboxylic acids is 1. The predicted molar refractivity (Wildman–Crippen MR) is 69.0 cm³/mol. The van der Waals surface area contributed by atoms with E-state index >= 15 is 0 Å². The summed E-state index contributed by atoms with van der Waals surface area (Å²) in [5.41, 5.74) is 1.25. The number of carbonyl (C=O) groups is 1. The van der Waals surface area contributed by atoms with E-state index in [0.29, 0.717) is 21.4 Å². The Labute approximate surface area is 111 Å². The maximum atomic E-state index is 13.7. The normalized spacial score (nSPS) is 10.4. The van der Waals surface area contributed by atoms with Gasteiger partial charge in [-0.15, -0.1) is 0 Å². The lowest BCUT2D eigenvalue weighted by atomic mass is 10.1. The topological polar surface area (TPSA) is 50.2 Å². The monoisotopic (exact) mass is 309 g/mol. The number of hydrogen-bond donors (Lipinski definition) is 1. The van der Waals surface area contributed by atoms with E-state index in [1.54, 1.807) is 19.1 Å². The molecule has 0 radical (unpaired) electrons. The molecule has 2 rings (SSSR count). The van der Waals surface area contributed by atoms with Crippen molar-refractivity contribution >= 4 is 21.9 Å². The maximum Gasteiger partial charge on any atom is 0.337 e. The third-order valence-electron chi connectivity index (χ3n) is 2.52. The van der Waals surface area contributed by atoms with Crippen LogP contribution in [0.3, 0.4) is 0 Å². The molecule has 92 valence electrons. The molecule has 0 bridgehead atoms. The summed E-state index contributed by atoms with van der Waals surface area (Å²) in [7, 11) is 0.